The first-order chi connectivity index (χ1) is 13.3. The van der Waals surface area contributed by atoms with Crippen LogP contribution in [0.5, 0.6) is 0 Å². The molecule has 2 aliphatic rings. The number of carbonyl (C=O) groups excluding carboxylic acids is 1. The van der Waals surface area contributed by atoms with Gasteiger partial charge in [-0.3, -0.25) is 4.79 Å². The number of ether oxygens (including phenoxy) is 1. The molecule has 0 spiro atoms. The summed E-state index contributed by atoms with van der Waals surface area (Å²) in [4.78, 5) is 12.0. The summed E-state index contributed by atoms with van der Waals surface area (Å²) in [5.41, 5.74) is 0. The molecule has 13 heteroatoms. The molecule has 0 N–H and O–H groups in total. The van der Waals surface area contributed by atoms with Gasteiger partial charge in [-0.25, -0.2) is 0 Å². The second-order valence-corrected chi connectivity index (χ2v) is 8.19. The van der Waals surface area contributed by atoms with Crippen LogP contribution in [-0.4, -0.2) is 42.4 Å². The van der Waals surface area contributed by atoms with E-state index in [2.05, 4.69) is 4.74 Å². The highest BCUT2D eigenvalue weighted by molar-refractivity contribution is 5.73. The summed E-state index contributed by atoms with van der Waals surface area (Å²) >= 11 is 0. The lowest BCUT2D eigenvalue weighted by Gasteiger charge is -2.34. The van der Waals surface area contributed by atoms with Gasteiger partial charge in [-0.2, -0.15) is 48.3 Å². The molecule has 5 unspecified atom stereocenters. The van der Waals surface area contributed by atoms with Crippen molar-refractivity contribution in [1.29, 1.82) is 0 Å². The zero-order valence-corrected chi connectivity index (χ0v) is 15.7. The van der Waals surface area contributed by atoms with Gasteiger partial charge in [0.2, 0.25) is 0 Å². The lowest BCUT2D eigenvalue weighted by Crippen LogP contribution is -2.57. The molecule has 2 nitrogen and oxygen atoms in total. The summed E-state index contributed by atoms with van der Waals surface area (Å²) < 4.78 is 147. The number of carbonyl (C=O) groups is 1. The van der Waals surface area contributed by atoms with Gasteiger partial charge in [0.25, 0.3) is 0 Å². The van der Waals surface area contributed by atoms with E-state index in [0.717, 1.165) is 0 Å². The van der Waals surface area contributed by atoms with Crippen LogP contribution in [0.1, 0.15) is 33.1 Å². The summed E-state index contributed by atoms with van der Waals surface area (Å²) in [6.07, 6.45) is -9.86. The summed E-state index contributed by atoms with van der Waals surface area (Å²) in [5.74, 6) is -27.1. The van der Waals surface area contributed by atoms with Crippen molar-refractivity contribution in [3.63, 3.8) is 0 Å². The van der Waals surface area contributed by atoms with Crippen molar-refractivity contribution in [2.24, 2.45) is 29.6 Å². The van der Waals surface area contributed by atoms with Crippen molar-refractivity contribution < 1.29 is 57.8 Å². The summed E-state index contributed by atoms with van der Waals surface area (Å²) in [5, 5.41) is 0. The smallest absolute Gasteiger partial charge is 0.459 e. The van der Waals surface area contributed by atoms with Crippen LogP contribution in [-0.2, 0) is 9.53 Å². The maximum Gasteiger partial charge on any atom is 0.459 e. The number of fused-ring (bicyclic) bond motifs is 2. The molecule has 0 amide bonds. The molecule has 0 aromatic rings. The average Bonchev–Trinajstić information content (AvgIpc) is 3.11. The Bertz CT molecular complexity index is 657. The predicted molar refractivity (Wildman–Crippen MR) is 79.5 cm³/mol. The Labute approximate surface area is 164 Å². The van der Waals surface area contributed by atoms with E-state index in [-0.39, 0.29) is 30.1 Å². The number of hydrogen-bond acceptors (Lipinski definition) is 2. The van der Waals surface area contributed by atoms with Gasteiger partial charge in [-0.15, -0.1) is 0 Å². The Morgan fingerprint density at radius 3 is 1.77 bits per heavy atom. The summed E-state index contributed by atoms with van der Waals surface area (Å²) in [7, 11) is 0. The number of alkyl halides is 11. The van der Waals surface area contributed by atoms with Crippen molar-refractivity contribution in [2.45, 2.75) is 63.0 Å². The first-order valence-electron chi connectivity index (χ1n) is 9.00. The third kappa shape index (κ3) is 4.09. The molecule has 30 heavy (non-hydrogen) atoms. The van der Waals surface area contributed by atoms with Crippen LogP contribution in [0.25, 0.3) is 0 Å². The van der Waals surface area contributed by atoms with Gasteiger partial charge in [-0.1, -0.05) is 13.8 Å². The van der Waals surface area contributed by atoms with E-state index in [9.17, 15) is 53.1 Å². The van der Waals surface area contributed by atoms with E-state index in [1.165, 1.54) is 0 Å². The quantitative estimate of drug-likeness (QED) is 0.344. The normalized spacial score (nSPS) is 30.6. The molecule has 2 rings (SSSR count). The first kappa shape index (κ1) is 25.0. The van der Waals surface area contributed by atoms with Crippen molar-refractivity contribution >= 4 is 5.97 Å². The molecule has 0 saturated heterocycles. The molecular weight excluding hydrogens is 445 g/mol. The van der Waals surface area contributed by atoms with E-state index in [1.807, 2.05) is 13.8 Å². The van der Waals surface area contributed by atoms with Crippen LogP contribution in [0.15, 0.2) is 0 Å². The maximum absolute atomic E-state index is 13.7. The molecule has 176 valence electrons. The summed E-state index contributed by atoms with van der Waals surface area (Å²) in [6, 6.07) is 0. The largest absolute Gasteiger partial charge is 0.459 e. The third-order valence-corrected chi connectivity index (χ3v) is 6.39. The van der Waals surface area contributed by atoms with Gasteiger partial charge in [0.05, 0.1) is 12.3 Å². The second kappa shape index (κ2) is 7.39. The summed E-state index contributed by atoms with van der Waals surface area (Å²) in [6.45, 7) is 1.33. The zero-order valence-electron chi connectivity index (χ0n) is 15.7. The van der Waals surface area contributed by atoms with Crippen LogP contribution in [0.2, 0.25) is 0 Å². The van der Waals surface area contributed by atoms with E-state index in [1.54, 1.807) is 0 Å². The second-order valence-electron chi connectivity index (χ2n) is 8.19. The molecule has 2 aliphatic carbocycles. The van der Waals surface area contributed by atoms with Crippen molar-refractivity contribution in [1.82, 2.24) is 0 Å². The van der Waals surface area contributed by atoms with Crippen LogP contribution in [0.4, 0.5) is 48.3 Å². The van der Waals surface area contributed by atoms with Crippen molar-refractivity contribution in [2.75, 3.05) is 6.61 Å². The molecular formula is C17H19F11O2. The highest BCUT2D eigenvalue weighted by Crippen LogP contribution is 2.56. The molecule has 0 aromatic heterocycles. The monoisotopic (exact) mass is 464 g/mol. The van der Waals surface area contributed by atoms with Gasteiger partial charge in [0, 0.05) is 0 Å². The topological polar surface area (TPSA) is 26.3 Å². The zero-order chi connectivity index (χ0) is 23.5. The van der Waals surface area contributed by atoms with Gasteiger partial charge in [0.1, 0.15) is 0 Å². The van der Waals surface area contributed by atoms with Crippen LogP contribution in [0, 0.1) is 29.6 Å². The number of hydrogen-bond donors (Lipinski definition) is 0. The van der Waals surface area contributed by atoms with Crippen molar-refractivity contribution in [3.8, 4) is 0 Å². The fourth-order valence-electron chi connectivity index (χ4n) is 4.31. The van der Waals surface area contributed by atoms with E-state index >= 15 is 0 Å². The average molecular weight is 464 g/mol. The Hall–Kier alpha value is -1.30. The fraction of sp³-hybridized carbons (Fsp3) is 0.941. The molecule has 2 saturated carbocycles. The maximum atomic E-state index is 13.7. The van der Waals surface area contributed by atoms with Crippen LogP contribution < -0.4 is 0 Å². The fourth-order valence-corrected chi connectivity index (χ4v) is 4.31. The SMILES string of the molecule is CC1C2CC(C(=O)OCC(F)(F)C(F)(F)CC(F)(F)C(F)(F)C(F)(F)F)C(C2)C1C. The molecule has 5 atom stereocenters. The van der Waals surface area contributed by atoms with Gasteiger partial charge < -0.3 is 4.74 Å². The Morgan fingerprint density at radius 2 is 1.33 bits per heavy atom. The number of halogens is 11. The lowest BCUT2D eigenvalue weighted by molar-refractivity contribution is -0.371. The highest BCUT2D eigenvalue weighted by atomic mass is 19.4. The number of rotatable bonds is 7. The highest BCUT2D eigenvalue weighted by Gasteiger charge is 2.76. The molecule has 2 bridgehead atoms. The standard InChI is InChI=1S/C17H19F11O2/c1-7-8(2)10-3-9(7)4-11(10)12(29)30-6-15(22,23)13(18,19)5-14(20,21)16(24,25)17(26,27)28/h7-11H,3-6H2,1-2H3. The van der Waals surface area contributed by atoms with Gasteiger partial charge >= 0.3 is 35.8 Å². The lowest BCUT2D eigenvalue weighted by atomic mass is 9.76. The van der Waals surface area contributed by atoms with Crippen LogP contribution in [0.3, 0.4) is 0 Å². The van der Waals surface area contributed by atoms with E-state index in [0.29, 0.717) is 6.42 Å². The molecule has 0 heterocycles. The van der Waals surface area contributed by atoms with Gasteiger partial charge in [0.15, 0.2) is 6.61 Å². The third-order valence-electron chi connectivity index (χ3n) is 6.39. The first-order valence-corrected chi connectivity index (χ1v) is 9.00. The Kier molecular flexibility index (Phi) is 6.15. The minimum Gasteiger partial charge on any atom is -0.459 e. The molecule has 0 aromatic carbocycles. The predicted octanol–water partition coefficient (Wildman–Crippen LogP) is 5.95. The van der Waals surface area contributed by atoms with Gasteiger partial charge in [-0.05, 0) is 36.5 Å². The van der Waals surface area contributed by atoms with Crippen molar-refractivity contribution in [3.05, 3.63) is 0 Å². The minimum atomic E-state index is -6.97. The van der Waals surface area contributed by atoms with E-state index < -0.39 is 54.8 Å². The minimum absolute atomic E-state index is 0.0338. The molecule has 2 fully saturated rings. The molecule has 0 radical (unpaired) electrons. The Balaban J connectivity index is 2.04. The van der Waals surface area contributed by atoms with Crippen LogP contribution >= 0.6 is 0 Å². The number of esters is 1. The molecule has 0 aliphatic heterocycles. The Morgan fingerprint density at radius 1 is 0.800 bits per heavy atom. The van der Waals surface area contributed by atoms with E-state index in [4.69, 9.17) is 0 Å².